The highest BCUT2D eigenvalue weighted by atomic mass is 16.7. The minimum absolute atomic E-state index is 0.191. The van der Waals surface area contributed by atoms with Crippen LogP contribution in [0.15, 0.2) is 35.1 Å². The van der Waals surface area contributed by atoms with Crippen molar-refractivity contribution in [3.8, 4) is 0 Å². The van der Waals surface area contributed by atoms with Gasteiger partial charge in [0.25, 0.3) is 5.56 Å². The summed E-state index contributed by atoms with van der Waals surface area (Å²) in [5.41, 5.74) is 1.22. The van der Waals surface area contributed by atoms with Gasteiger partial charge in [-0.2, -0.15) is 0 Å². The lowest BCUT2D eigenvalue weighted by atomic mass is 9.90. The van der Waals surface area contributed by atoms with E-state index in [-0.39, 0.29) is 17.4 Å². The molecule has 0 radical (unpaired) electrons. The quantitative estimate of drug-likeness (QED) is 0.596. The third-order valence-corrected chi connectivity index (χ3v) is 5.85. The summed E-state index contributed by atoms with van der Waals surface area (Å²) in [6.07, 6.45) is 10.2. The molecule has 0 amide bonds. The number of aromatic nitrogens is 1. The van der Waals surface area contributed by atoms with E-state index in [1.807, 2.05) is 30.3 Å². The Morgan fingerprint density at radius 1 is 1.07 bits per heavy atom. The zero-order valence-corrected chi connectivity index (χ0v) is 17.6. The van der Waals surface area contributed by atoms with Crippen molar-refractivity contribution in [2.24, 2.45) is 0 Å². The number of benzene rings is 1. The van der Waals surface area contributed by atoms with Gasteiger partial charge in [-0.05, 0) is 50.4 Å². The molecule has 1 saturated heterocycles. The van der Waals surface area contributed by atoms with Crippen molar-refractivity contribution >= 4 is 16.9 Å². The first-order chi connectivity index (χ1) is 14.2. The highest BCUT2D eigenvalue weighted by molar-refractivity contribution is 5.80. The predicted molar refractivity (Wildman–Crippen MR) is 117 cm³/mol. The second-order valence-electron chi connectivity index (χ2n) is 8.12. The smallest absolute Gasteiger partial charge is 0.333 e. The first-order valence-corrected chi connectivity index (χ1v) is 11.3. The van der Waals surface area contributed by atoms with E-state index in [4.69, 9.17) is 4.84 Å². The number of unbranched alkanes of at least 4 members (excludes halogenated alkanes) is 6. The average Bonchev–Trinajstić information content (AvgIpc) is 2.75. The van der Waals surface area contributed by atoms with Gasteiger partial charge in [-0.3, -0.25) is 4.79 Å². The summed E-state index contributed by atoms with van der Waals surface area (Å²) in [6.45, 7) is 4.03. The number of para-hydroxylation sites is 1. The van der Waals surface area contributed by atoms with Crippen LogP contribution in [0.25, 0.3) is 10.9 Å². The van der Waals surface area contributed by atoms with Crippen molar-refractivity contribution < 1.29 is 9.63 Å². The van der Waals surface area contributed by atoms with Crippen LogP contribution in [-0.2, 0) is 4.79 Å². The number of fused-ring (bicyclic) bond motifs is 1. The van der Waals surface area contributed by atoms with Crippen LogP contribution < -0.4 is 15.7 Å². The van der Waals surface area contributed by atoms with Gasteiger partial charge in [0.2, 0.25) is 0 Å². The molecule has 29 heavy (non-hydrogen) atoms. The lowest BCUT2D eigenvalue weighted by Gasteiger charge is -2.23. The fourth-order valence-corrected chi connectivity index (χ4v) is 4.14. The van der Waals surface area contributed by atoms with Crippen LogP contribution in [-0.4, -0.2) is 23.8 Å². The minimum Gasteiger partial charge on any atom is -0.333 e. The molecule has 1 N–H and O–H groups in total. The second-order valence-corrected chi connectivity index (χ2v) is 8.12. The van der Waals surface area contributed by atoms with Gasteiger partial charge in [0.1, 0.15) is 0 Å². The van der Waals surface area contributed by atoms with E-state index in [0.29, 0.717) is 11.9 Å². The zero-order valence-electron chi connectivity index (χ0n) is 17.6. The molecule has 3 rings (SSSR count). The van der Waals surface area contributed by atoms with Crippen molar-refractivity contribution in [3.63, 3.8) is 0 Å². The van der Waals surface area contributed by atoms with E-state index in [1.165, 1.54) is 30.4 Å². The molecule has 1 aliphatic rings. The second kappa shape index (κ2) is 11.1. The maximum Gasteiger partial charge on any atom is 0.333 e. The van der Waals surface area contributed by atoms with Gasteiger partial charge in [-0.1, -0.05) is 63.6 Å². The third-order valence-electron chi connectivity index (χ3n) is 5.85. The molecule has 0 saturated carbocycles. The predicted octanol–water partition coefficient (Wildman–Crippen LogP) is 4.56. The Labute approximate surface area is 173 Å². The molecule has 1 aliphatic heterocycles. The molecule has 1 aromatic carbocycles. The number of hydrogen-bond acceptors (Lipinski definition) is 4. The summed E-state index contributed by atoms with van der Waals surface area (Å²) in [5.74, 6) is -0.116. The van der Waals surface area contributed by atoms with Crippen molar-refractivity contribution in [2.45, 2.75) is 77.0 Å². The van der Waals surface area contributed by atoms with E-state index in [1.54, 1.807) is 0 Å². The molecule has 158 valence electrons. The molecule has 0 spiro atoms. The lowest BCUT2D eigenvalue weighted by Crippen LogP contribution is -2.36. The Kier molecular flexibility index (Phi) is 8.29. The number of nitrogens with one attached hydrogen (secondary N) is 1. The van der Waals surface area contributed by atoms with Crippen molar-refractivity contribution in [1.82, 2.24) is 10.0 Å². The number of piperidine rings is 1. The van der Waals surface area contributed by atoms with Crippen LogP contribution in [0.4, 0.5) is 0 Å². The van der Waals surface area contributed by atoms with Crippen LogP contribution in [0.1, 0.15) is 82.6 Å². The standard InChI is InChI=1S/C24H34N2O3/c1-2-3-4-5-6-7-8-13-23(27)29-26-22-12-10-9-11-20(22)18-21(24(26)28)19-14-16-25-17-15-19/h9-12,18-19,25H,2-8,13-17H2,1H3. The Balaban J connectivity index is 1.68. The normalized spacial score (nSPS) is 14.9. The summed E-state index contributed by atoms with van der Waals surface area (Å²) in [6, 6.07) is 9.61. The highest BCUT2D eigenvalue weighted by Gasteiger charge is 2.22. The van der Waals surface area contributed by atoms with Crippen molar-refractivity contribution in [3.05, 3.63) is 46.2 Å². The molecule has 0 atom stereocenters. The SMILES string of the molecule is CCCCCCCCCC(=O)On1c(=O)c(C2CCNCC2)cc2ccccc21. The topological polar surface area (TPSA) is 60.3 Å². The van der Waals surface area contributed by atoms with Crippen molar-refractivity contribution in [2.75, 3.05) is 13.1 Å². The number of carbonyl (C=O) groups excluding carboxylic acids is 1. The fraction of sp³-hybridized carbons (Fsp3) is 0.583. The zero-order chi connectivity index (χ0) is 20.5. The Morgan fingerprint density at radius 3 is 2.52 bits per heavy atom. The van der Waals surface area contributed by atoms with E-state index in [2.05, 4.69) is 12.2 Å². The molecule has 0 unspecified atom stereocenters. The van der Waals surface area contributed by atoms with E-state index in [9.17, 15) is 9.59 Å². The van der Waals surface area contributed by atoms with E-state index in [0.717, 1.165) is 56.1 Å². The highest BCUT2D eigenvalue weighted by Crippen LogP contribution is 2.25. The molecule has 5 heteroatoms. The summed E-state index contributed by atoms with van der Waals surface area (Å²) >= 11 is 0. The first-order valence-electron chi connectivity index (χ1n) is 11.3. The molecule has 1 fully saturated rings. The fourth-order valence-electron chi connectivity index (χ4n) is 4.14. The molecular weight excluding hydrogens is 364 g/mol. The van der Waals surface area contributed by atoms with Crippen LogP contribution >= 0.6 is 0 Å². The molecule has 2 heterocycles. The van der Waals surface area contributed by atoms with Gasteiger partial charge in [-0.25, -0.2) is 4.79 Å². The molecular formula is C24H34N2O3. The number of carbonyl (C=O) groups is 1. The van der Waals surface area contributed by atoms with Crippen LogP contribution in [0.2, 0.25) is 0 Å². The number of rotatable bonds is 10. The molecule has 5 nitrogen and oxygen atoms in total. The lowest BCUT2D eigenvalue weighted by molar-refractivity contribution is -0.144. The van der Waals surface area contributed by atoms with Gasteiger partial charge < -0.3 is 10.2 Å². The van der Waals surface area contributed by atoms with E-state index >= 15 is 0 Å². The number of hydrogen-bond donors (Lipinski definition) is 1. The molecule has 2 aromatic rings. The van der Waals surface area contributed by atoms with Gasteiger partial charge in [0.15, 0.2) is 0 Å². The van der Waals surface area contributed by atoms with E-state index < -0.39 is 0 Å². The van der Waals surface area contributed by atoms with Crippen LogP contribution in [0, 0.1) is 0 Å². The molecule has 0 bridgehead atoms. The largest absolute Gasteiger partial charge is 0.333 e. The summed E-state index contributed by atoms with van der Waals surface area (Å²) < 4.78 is 1.23. The van der Waals surface area contributed by atoms with Gasteiger partial charge >= 0.3 is 5.97 Å². The van der Waals surface area contributed by atoms with Crippen molar-refractivity contribution in [1.29, 1.82) is 0 Å². The van der Waals surface area contributed by atoms with Gasteiger partial charge in [-0.15, -0.1) is 4.73 Å². The third kappa shape index (κ3) is 5.92. The maximum atomic E-state index is 13.2. The van der Waals surface area contributed by atoms with Gasteiger partial charge in [0.05, 0.1) is 5.52 Å². The number of nitrogens with zero attached hydrogens (tertiary/aromatic N) is 1. The Morgan fingerprint density at radius 2 is 1.76 bits per heavy atom. The monoisotopic (exact) mass is 398 g/mol. The Bertz CT molecular complexity index is 853. The summed E-state index contributed by atoms with van der Waals surface area (Å²) in [7, 11) is 0. The number of pyridine rings is 1. The molecule has 0 aliphatic carbocycles. The Hall–Kier alpha value is -2.14. The summed E-state index contributed by atoms with van der Waals surface area (Å²) in [5, 5.41) is 4.27. The molecule has 1 aromatic heterocycles. The maximum absolute atomic E-state index is 13.2. The van der Waals surface area contributed by atoms with Crippen LogP contribution in [0.3, 0.4) is 0 Å². The summed E-state index contributed by atoms with van der Waals surface area (Å²) in [4.78, 5) is 31.2. The first kappa shape index (κ1) is 21.6. The minimum atomic E-state index is -0.326. The van der Waals surface area contributed by atoms with Crippen LogP contribution in [0.5, 0.6) is 0 Å². The average molecular weight is 399 g/mol. The van der Waals surface area contributed by atoms with Gasteiger partial charge in [0, 0.05) is 17.4 Å².